The van der Waals surface area contributed by atoms with Crippen molar-refractivity contribution in [3.63, 3.8) is 0 Å². The maximum absolute atomic E-state index is 14.3. The van der Waals surface area contributed by atoms with Crippen molar-refractivity contribution in [2.24, 2.45) is 5.41 Å². The molecule has 0 fully saturated rings. The highest BCUT2D eigenvalue weighted by molar-refractivity contribution is 6.12. The van der Waals surface area contributed by atoms with Crippen LogP contribution in [0.2, 0.25) is 0 Å². The SMILES string of the molecule is CCC(C)Oc1ccccc1C1C2=C(CC(C)(C)CC2=O)Nc2ccccc2N1C(=O)c1ccccc1. The summed E-state index contributed by atoms with van der Waals surface area (Å²) in [5, 5.41) is 3.58. The number of nitrogens with zero attached hydrogens (tertiary/aromatic N) is 1. The molecule has 2 unspecified atom stereocenters. The molecule has 0 spiro atoms. The van der Waals surface area contributed by atoms with Crippen molar-refractivity contribution < 1.29 is 14.3 Å². The molecule has 5 rings (SSSR count). The number of para-hydroxylation sites is 3. The van der Waals surface area contributed by atoms with E-state index in [-0.39, 0.29) is 23.2 Å². The normalized spacial score (nSPS) is 19.3. The number of rotatable bonds is 5. The molecule has 1 heterocycles. The summed E-state index contributed by atoms with van der Waals surface area (Å²) in [4.78, 5) is 30.1. The van der Waals surface area contributed by atoms with Gasteiger partial charge in [-0.05, 0) is 55.5 Å². The third-order valence-electron chi connectivity index (χ3n) is 7.26. The number of carbonyl (C=O) groups excluding carboxylic acids is 2. The third-order valence-corrected chi connectivity index (χ3v) is 7.26. The second-order valence-corrected chi connectivity index (χ2v) is 10.8. The van der Waals surface area contributed by atoms with Crippen molar-refractivity contribution >= 4 is 23.1 Å². The Morgan fingerprint density at radius 2 is 1.68 bits per heavy atom. The number of benzene rings is 3. The lowest BCUT2D eigenvalue weighted by molar-refractivity contribution is -0.118. The van der Waals surface area contributed by atoms with Crippen LogP contribution in [0.1, 0.15) is 68.9 Å². The molecule has 0 radical (unpaired) electrons. The molecule has 0 bridgehead atoms. The summed E-state index contributed by atoms with van der Waals surface area (Å²) in [6, 6.07) is 24.3. The average Bonchev–Trinajstić information content (AvgIpc) is 3.02. The fourth-order valence-corrected chi connectivity index (χ4v) is 5.34. The van der Waals surface area contributed by atoms with E-state index in [0.717, 1.165) is 29.1 Å². The molecule has 2 atom stereocenters. The smallest absolute Gasteiger partial charge is 0.259 e. The molecule has 37 heavy (non-hydrogen) atoms. The summed E-state index contributed by atoms with van der Waals surface area (Å²) in [6.07, 6.45) is 1.96. The predicted molar refractivity (Wildman–Crippen MR) is 148 cm³/mol. The molecule has 190 valence electrons. The van der Waals surface area contributed by atoms with Gasteiger partial charge in [0.2, 0.25) is 0 Å². The first kappa shape index (κ1) is 24.8. The monoisotopic (exact) mass is 494 g/mol. The molecule has 1 aliphatic carbocycles. The van der Waals surface area contributed by atoms with E-state index in [1.54, 1.807) is 4.90 Å². The predicted octanol–water partition coefficient (Wildman–Crippen LogP) is 7.32. The number of hydrogen-bond donors (Lipinski definition) is 1. The number of nitrogens with one attached hydrogen (secondary N) is 1. The van der Waals surface area contributed by atoms with Gasteiger partial charge in [-0.25, -0.2) is 0 Å². The van der Waals surface area contributed by atoms with E-state index >= 15 is 0 Å². The van der Waals surface area contributed by atoms with Crippen LogP contribution < -0.4 is 15.0 Å². The lowest BCUT2D eigenvalue weighted by Gasteiger charge is -2.37. The third kappa shape index (κ3) is 4.78. The summed E-state index contributed by atoms with van der Waals surface area (Å²) in [7, 11) is 0. The van der Waals surface area contributed by atoms with Gasteiger partial charge in [0.1, 0.15) is 5.75 Å². The molecule has 1 aliphatic heterocycles. The average molecular weight is 495 g/mol. The molecular weight excluding hydrogens is 460 g/mol. The maximum Gasteiger partial charge on any atom is 0.259 e. The summed E-state index contributed by atoms with van der Waals surface area (Å²) in [5.74, 6) is 0.585. The number of ketones is 1. The Balaban J connectivity index is 1.80. The van der Waals surface area contributed by atoms with E-state index in [0.29, 0.717) is 29.7 Å². The van der Waals surface area contributed by atoms with Gasteiger partial charge in [-0.15, -0.1) is 0 Å². The Morgan fingerprint density at radius 3 is 2.43 bits per heavy atom. The van der Waals surface area contributed by atoms with Crippen LogP contribution >= 0.6 is 0 Å². The van der Waals surface area contributed by atoms with Crippen LogP contribution in [0.3, 0.4) is 0 Å². The fourth-order valence-electron chi connectivity index (χ4n) is 5.34. The number of hydrogen-bond acceptors (Lipinski definition) is 4. The van der Waals surface area contributed by atoms with Gasteiger partial charge in [0.05, 0.1) is 23.5 Å². The Morgan fingerprint density at radius 1 is 1.00 bits per heavy atom. The van der Waals surface area contributed by atoms with Crippen molar-refractivity contribution in [2.45, 2.75) is 59.1 Å². The van der Waals surface area contributed by atoms with E-state index < -0.39 is 6.04 Å². The molecule has 0 aromatic heterocycles. The summed E-state index contributed by atoms with van der Waals surface area (Å²) >= 11 is 0. The number of allylic oxidation sites excluding steroid dienone is 1. The van der Waals surface area contributed by atoms with Crippen molar-refractivity contribution in [1.29, 1.82) is 0 Å². The first-order valence-corrected chi connectivity index (χ1v) is 13.1. The highest BCUT2D eigenvalue weighted by Crippen LogP contribution is 2.50. The lowest BCUT2D eigenvalue weighted by atomic mass is 9.73. The number of carbonyl (C=O) groups is 2. The molecular formula is C32H34N2O3. The van der Waals surface area contributed by atoms with Crippen molar-refractivity contribution in [3.8, 4) is 5.75 Å². The summed E-state index contributed by atoms with van der Waals surface area (Å²) in [5.41, 5.74) is 4.25. The van der Waals surface area contributed by atoms with Gasteiger partial charge in [-0.1, -0.05) is 69.3 Å². The van der Waals surface area contributed by atoms with Crippen molar-refractivity contribution in [2.75, 3.05) is 10.2 Å². The number of ether oxygens (including phenoxy) is 1. The van der Waals surface area contributed by atoms with Crippen LogP contribution in [0.4, 0.5) is 11.4 Å². The molecule has 3 aromatic rings. The topological polar surface area (TPSA) is 58.6 Å². The first-order chi connectivity index (χ1) is 17.8. The minimum atomic E-state index is -0.636. The van der Waals surface area contributed by atoms with Crippen LogP contribution in [-0.4, -0.2) is 17.8 Å². The second-order valence-electron chi connectivity index (χ2n) is 10.8. The Hall–Kier alpha value is -3.86. The van der Waals surface area contributed by atoms with E-state index in [1.807, 2.05) is 85.8 Å². The van der Waals surface area contributed by atoms with E-state index in [4.69, 9.17) is 4.74 Å². The number of anilines is 2. The zero-order chi connectivity index (χ0) is 26.2. The van der Waals surface area contributed by atoms with Crippen LogP contribution in [-0.2, 0) is 4.79 Å². The van der Waals surface area contributed by atoms with Gasteiger partial charge >= 0.3 is 0 Å². The highest BCUT2D eigenvalue weighted by Gasteiger charge is 2.44. The molecule has 0 saturated heterocycles. The molecule has 0 saturated carbocycles. The standard InChI is InChI=1S/C32H34N2O3/c1-5-21(2)37-28-18-12-9-15-23(28)30-29-25(19-32(3,4)20-27(29)35)33-24-16-10-11-17-26(24)34(30)31(36)22-13-7-6-8-14-22/h6-18,21,30,33H,5,19-20H2,1-4H3. The maximum atomic E-state index is 14.3. The summed E-state index contributed by atoms with van der Waals surface area (Å²) in [6.45, 7) is 8.36. The molecule has 5 heteroatoms. The van der Waals surface area contributed by atoms with Crippen LogP contribution in [0, 0.1) is 5.41 Å². The number of fused-ring (bicyclic) bond motifs is 1. The van der Waals surface area contributed by atoms with E-state index in [1.165, 1.54) is 0 Å². The van der Waals surface area contributed by atoms with Crippen molar-refractivity contribution in [3.05, 3.63) is 101 Å². The van der Waals surface area contributed by atoms with Gasteiger partial charge in [0, 0.05) is 28.8 Å². The van der Waals surface area contributed by atoms with E-state index in [9.17, 15) is 9.59 Å². The fraction of sp³-hybridized carbons (Fsp3) is 0.312. The molecule has 5 nitrogen and oxygen atoms in total. The number of Topliss-reactive ketones (excluding diaryl/α,β-unsaturated/α-hetero) is 1. The largest absolute Gasteiger partial charge is 0.490 e. The Labute approximate surface area is 219 Å². The van der Waals surface area contributed by atoms with Gasteiger partial charge < -0.3 is 10.1 Å². The Kier molecular flexibility index (Phi) is 6.63. The minimum Gasteiger partial charge on any atom is -0.490 e. The van der Waals surface area contributed by atoms with Gasteiger partial charge in [0.25, 0.3) is 5.91 Å². The zero-order valence-corrected chi connectivity index (χ0v) is 22.0. The molecule has 3 aromatic carbocycles. The molecule has 1 amide bonds. The highest BCUT2D eigenvalue weighted by atomic mass is 16.5. The van der Waals surface area contributed by atoms with Gasteiger partial charge in [-0.3, -0.25) is 14.5 Å². The van der Waals surface area contributed by atoms with Crippen LogP contribution in [0.5, 0.6) is 5.75 Å². The zero-order valence-electron chi connectivity index (χ0n) is 22.0. The quantitative estimate of drug-likeness (QED) is 0.404. The van der Waals surface area contributed by atoms with Gasteiger partial charge in [0.15, 0.2) is 5.78 Å². The van der Waals surface area contributed by atoms with Crippen LogP contribution in [0.15, 0.2) is 90.1 Å². The van der Waals surface area contributed by atoms with Crippen molar-refractivity contribution in [1.82, 2.24) is 0 Å². The number of amides is 1. The first-order valence-electron chi connectivity index (χ1n) is 13.1. The lowest BCUT2D eigenvalue weighted by Crippen LogP contribution is -2.39. The molecule has 2 aliphatic rings. The van der Waals surface area contributed by atoms with Crippen LogP contribution in [0.25, 0.3) is 0 Å². The molecule has 1 N–H and O–H groups in total. The Bertz CT molecular complexity index is 1360. The van der Waals surface area contributed by atoms with E-state index in [2.05, 4.69) is 26.1 Å². The summed E-state index contributed by atoms with van der Waals surface area (Å²) < 4.78 is 6.37. The minimum absolute atomic E-state index is 0.00921. The second kappa shape index (κ2) is 9.89. The van der Waals surface area contributed by atoms with Gasteiger partial charge in [-0.2, -0.15) is 0 Å².